The zero-order valence-electron chi connectivity index (χ0n) is 19.4. The lowest BCUT2D eigenvalue weighted by Crippen LogP contribution is -2.34. The van der Waals surface area contributed by atoms with Gasteiger partial charge in [0, 0.05) is 19.8 Å². The van der Waals surface area contributed by atoms with Crippen LogP contribution in [-0.4, -0.2) is 33.3 Å². The average molecular weight is 485 g/mol. The number of piperidine rings is 1. The third-order valence-corrected chi connectivity index (χ3v) is 7.29. The molecule has 1 aliphatic heterocycles. The van der Waals surface area contributed by atoms with E-state index in [0.29, 0.717) is 6.10 Å². The van der Waals surface area contributed by atoms with Crippen molar-refractivity contribution in [1.82, 2.24) is 19.4 Å². The quantitative estimate of drug-likeness (QED) is 0.341. The number of aryl methyl sites for hydroxylation is 4. The van der Waals surface area contributed by atoms with E-state index in [1.54, 1.807) is 11.3 Å². The molecular weight excluding hydrogens is 452 g/mol. The van der Waals surface area contributed by atoms with Gasteiger partial charge in [-0.1, -0.05) is 19.1 Å². The highest BCUT2D eigenvalue weighted by Crippen LogP contribution is 2.30. The van der Waals surface area contributed by atoms with Crippen molar-refractivity contribution in [3.63, 3.8) is 0 Å². The fourth-order valence-corrected chi connectivity index (χ4v) is 5.46. The number of nitrogens with zero attached hydrogens (tertiary/aromatic N) is 3. The number of hydrogen-bond donors (Lipinski definition) is 1. The van der Waals surface area contributed by atoms with Crippen LogP contribution in [0.15, 0.2) is 48.0 Å². The van der Waals surface area contributed by atoms with Gasteiger partial charge in [0.15, 0.2) is 5.82 Å². The molecule has 4 heterocycles. The van der Waals surface area contributed by atoms with Crippen LogP contribution in [0.3, 0.4) is 0 Å². The Hall–Kier alpha value is -2.28. The maximum absolute atomic E-state index is 6.23. The van der Waals surface area contributed by atoms with Gasteiger partial charge < -0.3 is 19.2 Å². The summed E-state index contributed by atoms with van der Waals surface area (Å²) in [6.45, 7) is 5.24. The summed E-state index contributed by atoms with van der Waals surface area (Å²) in [5, 5.41) is 5.55. The molecule has 0 radical (unpaired) electrons. The molecule has 0 bridgehead atoms. The van der Waals surface area contributed by atoms with Crippen LogP contribution in [0, 0.1) is 0 Å². The van der Waals surface area contributed by atoms with Gasteiger partial charge in [0.25, 0.3) is 0 Å². The number of fused-ring (bicyclic) bond motifs is 1. The Morgan fingerprint density at radius 1 is 1.18 bits per heavy atom. The highest BCUT2D eigenvalue weighted by atomic mass is 35.5. The lowest BCUT2D eigenvalue weighted by atomic mass is 10.1. The fourth-order valence-electron chi connectivity index (χ4n) is 4.61. The van der Waals surface area contributed by atoms with Crippen LogP contribution < -0.4 is 10.1 Å². The smallest absolute Gasteiger partial charge is 0.156 e. The minimum atomic E-state index is 0. The minimum absolute atomic E-state index is 0. The number of hydrogen-bond acceptors (Lipinski definition) is 4. The molecule has 0 amide bonds. The van der Waals surface area contributed by atoms with E-state index in [0.717, 1.165) is 69.0 Å². The number of ether oxygens (including phenoxy) is 1. The van der Waals surface area contributed by atoms with Crippen molar-refractivity contribution < 1.29 is 4.74 Å². The van der Waals surface area contributed by atoms with E-state index in [1.165, 1.54) is 21.5 Å². The molecule has 1 aromatic carbocycles. The van der Waals surface area contributed by atoms with Crippen molar-refractivity contribution in [2.75, 3.05) is 13.1 Å². The van der Waals surface area contributed by atoms with Gasteiger partial charge in [0.2, 0.25) is 0 Å². The van der Waals surface area contributed by atoms with E-state index < -0.39 is 0 Å². The molecule has 33 heavy (non-hydrogen) atoms. The van der Waals surface area contributed by atoms with Crippen LogP contribution in [0.1, 0.15) is 37.4 Å². The first-order valence-electron chi connectivity index (χ1n) is 11.8. The molecule has 0 saturated carbocycles. The average Bonchev–Trinajstić information content (AvgIpc) is 3.51. The number of imidazole rings is 1. The topological polar surface area (TPSA) is 44.0 Å². The maximum atomic E-state index is 6.23. The molecule has 4 aromatic rings. The SMILES string of the molecule is CCc1cn(CCCc2cccc(OC3CCNCC3)c2)c(-c2cc3sccc3n2C)n1.Cl. The number of halogens is 1. The van der Waals surface area contributed by atoms with Crippen LogP contribution in [-0.2, 0) is 26.4 Å². The van der Waals surface area contributed by atoms with Gasteiger partial charge in [-0.05, 0) is 80.4 Å². The summed E-state index contributed by atoms with van der Waals surface area (Å²) in [6, 6.07) is 13.1. The van der Waals surface area contributed by atoms with Crippen molar-refractivity contribution in [3.8, 4) is 17.3 Å². The predicted octanol–water partition coefficient (Wildman–Crippen LogP) is 5.85. The highest BCUT2D eigenvalue weighted by Gasteiger charge is 2.16. The first-order chi connectivity index (χ1) is 15.7. The predicted molar refractivity (Wildman–Crippen MR) is 140 cm³/mol. The Morgan fingerprint density at radius 3 is 2.82 bits per heavy atom. The van der Waals surface area contributed by atoms with Crippen molar-refractivity contribution in [3.05, 3.63) is 59.2 Å². The van der Waals surface area contributed by atoms with Gasteiger partial charge in [0.05, 0.1) is 21.6 Å². The lowest BCUT2D eigenvalue weighted by Gasteiger charge is -2.24. The second kappa shape index (κ2) is 10.8. The number of aromatic nitrogens is 3. The van der Waals surface area contributed by atoms with Crippen molar-refractivity contribution in [2.24, 2.45) is 7.05 Å². The molecule has 0 unspecified atom stereocenters. The Labute approximate surface area is 206 Å². The first-order valence-corrected chi connectivity index (χ1v) is 12.6. The van der Waals surface area contributed by atoms with Crippen molar-refractivity contribution in [2.45, 2.75) is 51.7 Å². The molecule has 5 nitrogen and oxygen atoms in total. The molecule has 1 aliphatic rings. The molecule has 7 heteroatoms. The van der Waals surface area contributed by atoms with Gasteiger partial charge in [-0.25, -0.2) is 4.98 Å². The van der Waals surface area contributed by atoms with Gasteiger partial charge in [0.1, 0.15) is 11.9 Å². The van der Waals surface area contributed by atoms with E-state index in [9.17, 15) is 0 Å². The Morgan fingerprint density at radius 2 is 2.03 bits per heavy atom. The minimum Gasteiger partial charge on any atom is -0.490 e. The molecule has 3 aromatic heterocycles. The van der Waals surface area contributed by atoms with E-state index in [-0.39, 0.29) is 12.4 Å². The second-order valence-electron chi connectivity index (χ2n) is 8.68. The number of thiophene rings is 1. The zero-order valence-corrected chi connectivity index (χ0v) is 21.1. The molecule has 0 atom stereocenters. The van der Waals surface area contributed by atoms with Crippen molar-refractivity contribution in [1.29, 1.82) is 0 Å². The zero-order chi connectivity index (χ0) is 21.9. The number of nitrogens with one attached hydrogen (secondary N) is 1. The summed E-state index contributed by atoms with van der Waals surface area (Å²) < 4.78 is 12.2. The first kappa shape index (κ1) is 23.9. The Kier molecular flexibility index (Phi) is 7.78. The van der Waals surface area contributed by atoms with Crippen LogP contribution in [0.2, 0.25) is 0 Å². The Bertz CT molecular complexity index is 1190. The van der Waals surface area contributed by atoms with Crippen LogP contribution >= 0.6 is 23.7 Å². The van der Waals surface area contributed by atoms with E-state index in [1.807, 2.05) is 0 Å². The van der Waals surface area contributed by atoms with Crippen LogP contribution in [0.25, 0.3) is 21.7 Å². The molecular formula is C26H33ClN4OS. The Balaban J connectivity index is 0.00000259. The van der Waals surface area contributed by atoms with E-state index >= 15 is 0 Å². The van der Waals surface area contributed by atoms with Crippen molar-refractivity contribution >= 4 is 34.0 Å². The highest BCUT2D eigenvalue weighted by molar-refractivity contribution is 7.17. The molecule has 0 aliphatic carbocycles. The summed E-state index contributed by atoms with van der Waals surface area (Å²) in [5.41, 5.74) is 4.97. The molecule has 1 fully saturated rings. The van der Waals surface area contributed by atoms with Gasteiger partial charge in [-0.2, -0.15) is 0 Å². The fraction of sp³-hybridized carbons (Fsp3) is 0.423. The summed E-state index contributed by atoms with van der Waals surface area (Å²) in [5.74, 6) is 2.09. The number of rotatable bonds is 8. The second-order valence-corrected chi connectivity index (χ2v) is 9.63. The third kappa shape index (κ3) is 5.29. The monoisotopic (exact) mass is 484 g/mol. The normalized spacial score (nSPS) is 14.5. The molecule has 176 valence electrons. The summed E-state index contributed by atoms with van der Waals surface area (Å²) >= 11 is 1.79. The summed E-state index contributed by atoms with van der Waals surface area (Å²) in [4.78, 5) is 4.96. The summed E-state index contributed by atoms with van der Waals surface area (Å²) in [7, 11) is 2.14. The van der Waals surface area contributed by atoms with Gasteiger partial charge in [-0.3, -0.25) is 0 Å². The largest absolute Gasteiger partial charge is 0.490 e. The summed E-state index contributed by atoms with van der Waals surface area (Å²) in [6.07, 6.45) is 7.80. The standard InChI is InChI=1S/C26H32N4OS.ClH/c1-3-20-18-30(26(28-20)24-17-25-23(29(24)2)11-15-32-25)14-5-7-19-6-4-8-22(16-19)31-21-9-12-27-13-10-21;/h4,6,8,11,15-18,21,27H,3,5,7,9-10,12-14H2,1-2H3;1H. The molecule has 1 N–H and O–H groups in total. The maximum Gasteiger partial charge on any atom is 0.156 e. The van der Waals surface area contributed by atoms with Crippen LogP contribution in [0.4, 0.5) is 0 Å². The lowest BCUT2D eigenvalue weighted by molar-refractivity contribution is 0.162. The van der Waals surface area contributed by atoms with Gasteiger partial charge in [-0.15, -0.1) is 23.7 Å². The van der Waals surface area contributed by atoms with E-state index in [2.05, 4.69) is 76.4 Å². The molecule has 5 rings (SSSR count). The third-order valence-electron chi connectivity index (χ3n) is 6.43. The number of benzene rings is 1. The molecule has 0 spiro atoms. The van der Waals surface area contributed by atoms with Crippen LogP contribution in [0.5, 0.6) is 5.75 Å². The van der Waals surface area contributed by atoms with Gasteiger partial charge >= 0.3 is 0 Å². The van der Waals surface area contributed by atoms with E-state index in [4.69, 9.17) is 9.72 Å². The molecule has 1 saturated heterocycles.